The number of methoxy groups -OCH3 is 1. The van der Waals surface area contributed by atoms with Crippen LogP contribution >= 0.6 is 11.8 Å². The fraction of sp³-hybridized carbons (Fsp3) is 0.933. The van der Waals surface area contributed by atoms with Crippen LogP contribution in [0.3, 0.4) is 0 Å². The third-order valence-electron chi connectivity index (χ3n) is 4.92. The van der Waals surface area contributed by atoms with Crippen LogP contribution in [0.5, 0.6) is 0 Å². The Morgan fingerprint density at radius 2 is 1.80 bits per heavy atom. The summed E-state index contributed by atoms with van der Waals surface area (Å²) in [5.74, 6) is 2.06. The van der Waals surface area contributed by atoms with E-state index in [4.69, 9.17) is 9.16 Å². The van der Waals surface area contributed by atoms with Crippen molar-refractivity contribution in [3.05, 3.63) is 0 Å². The van der Waals surface area contributed by atoms with Gasteiger partial charge in [0.05, 0.1) is 12.5 Å². The Bertz CT molecular complexity index is 331. The van der Waals surface area contributed by atoms with E-state index in [1.54, 1.807) is 0 Å². The van der Waals surface area contributed by atoms with Gasteiger partial charge in [-0.15, -0.1) is 0 Å². The second kappa shape index (κ2) is 6.84. The molecule has 118 valence electrons. The lowest BCUT2D eigenvalue weighted by atomic mass is 9.79. The maximum absolute atomic E-state index is 12.2. The van der Waals surface area contributed by atoms with Crippen LogP contribution < -0.4 is 0 Å². The molecule has 5 heteroatoms. The summed E-state index contributed by atoms with van der Waals surface area (Å²) >= 11 is 1.93. The zero-order chi connectivity index (χ0) is 15.4. The summed E-state index contributed by atoms with van der Waals surface area (Å²) in [7, 11) is -0.224. The molecule has 3 nitrogen and oxygen atoms in total. The summed E-state index contributed by atoms with van der Waals surface area (Å²) in [4.78, 5) is 12.2. The zero-order valence-corrected chi connectivity index (χ0v) is 15.7. The Morgan fingerprint density at radius 1 is 1.25 bits per heavy atom. The van der Waals surface area contributed by atoms with Crippen LogP contribution in [0.25, 0.3) is 0 Å². The Labute approximate surface area is 129 Å². The van der Waals surface area contributed by atoms with Crippen molar-refractivity contribution in [1.82, 2.24) is 0 Å². The predicted molar refractivity (Wildman–Crippen MR) is 88.8 cm³/mol. The van der Waals surface area contributed by atoms with Crippen LogP contribution in [-0.2, 0) is 14.0 Å². The highest BCUT2D eigenvalue weighted by molar-refractivity contribution is 7.99. The van der Waals surface area contributed by atoms with E-state index >= 15 is 0 Å². The monoisotopic (exact) mass is 318 g/mol. The molecule has 0 aromatic rings. The lowest BCUT2D eigenvalue weighted by molar-refractivity contribution is -0.154. The molecule has 20 heavy (non-hydrogen) atoms. The number of carbonyl (C=O) groups excluding carboxylic acids is 1. The molecule has 0 aromatic heterocycles. The highest BCUT2D eigenvalue weighted by Crippen LogP contribution is 2.41. The van der Waals surface area contributed by atoms with Crippen molar-refractivity contribution in [1.29, 1.82) is 0 Å². The van der Waals surface area contributed by atoms with Crippen molar-refractivity contribution >= 4 is 26.0 Å². The first kappa shape index (κ1) is 18.0. The Balaban J connectivity index is 2.62. The fourth-order valence-corrected chi connectivity index (χ4v) is 4.57. The summed E-state index contributed by atoms with van der Waals surface area (Å²) in [6.07, 6.45) is 2.64. The SMILES string of the molecule is COC(=O)C1(CCO[Si](C)(C)C(C)(C)C)CCSCC1. The Kier molecular flexibility index (Phi) is 6.17. The van der Waals surface area contributed by atoms with Crippen molar-refractivity contribution in [3.63, 3.8) is 0 Å². The maximum Gasteiger partial charge on any atom is 0.311 e. The Hall–Kier alpha value is -0.00312. The van der Waals surface area contributed by atoms with E-state index in [1.807, 2.05) is 11.8 Å². The molecule has 1 rings (SSSR count). The average Bonchev–Trinajstić information content (AvgIpc) is 2.37. The van der Waals surface area contributed by atoms with Crippen LogP contribution in [0.4, 0.5) is 0 Å². The molecule has 1 saturated heterocycles. The molecule has 1 fully saturated rings. The first-order valence-corrected chi connectivity index (χ1v) is 11.5. The van der Waals surface area contributed by atoms with Crippen molar-refractivity contribution in [2.75, 3.05) is 25.2 Å². The number of hydrogen-bond acceptors (Lipinski definition) is 4. The highest BCUT2D eigenvalue weighted by Gasteiger charge is 2.42. The molecule has 0 radical (unpaired) electrons. The van der Waals surface area contributed by atoms with Crippen LogP contribution in [0, 0.1) is 5.41 Å². The van der Waals surface area contributed by atoms with E-state index < -0.39 is 8.32 Å². The summed E-state index contributed by atoms with van der Waals surface area (Å²) in [5, 5.41) is 0.216. The smallest absolute Gasteiger partial charge is 0.311 e. The maximum atomic E-state index is 12.2. The lowest BCUT2D eigenvalue weighted by Gasteiger charge is -2.39. The molecule has 0 spiro atoms. The molecule has 1 aliphatic heterocycles. The van der Waals surface area contributed by atoms with Gasteiger partial charge in [0, 0.05) is 6.61 Å². The van der Waals surface area contributed by atoms with Crippen molar-refractivity contribution in [3.8, 4) is 0 Å². The van der Waals surface area contributed by atoms with Gasteiger partial charge in [-0.25, -0.2) is 0 Å². The van der Waals surface area contributed by atoms with Crippen molar-refractivity contribution in [2.45, 2.75) is 58.2 Å². The summed E-state index contributed by atoms with van der Waals surface area (Å²) in [6, 6.07) is 0. The second-order valence-electron chi connectivity index (χ2n) is 7.24. The van der Waals surface area contributed by atoms with E-state index in [0.29, 0.717) is 6.61 Å². The molecular weight excluding hydrogens is 288 g/mol. The normalized spacial score (nSPS) is 19.7. The minimum atomic E-state index is -1.72. The van der Waals surface area contributed by atoms with Gasteiger partial charge in [-0.1, -0.05) is 20.8 Å². The van der Waals surface area contributed by atoms with Crippen molar-refractivity contribution < 1.29 is 14.0 Å². The lowest BCUT2D eigenvalue weighted by Crippen LogP contribution is -2.43. The van der Waals surface area contributed by atoms with Crippen LogP contribution in [0.15, 0.2) is 0 Å². The predicted octanol–water partition coefficient (Wildman–Crippen LogP) is 4.08. The largest absolute Gasteiger partial charge is 0.469 e. The number of rotatable bonds is 5. The van der Waals surface area contributed by atoms with E-state index in [9.17, 15) is 4.79 Å². The molecule has 1 aliphatic rings. The minimum absolute atomic E-state index is 0.0448. The molecule has 0 bridgehead atoms. The third-order valence-corrected chi connectivity index (χ3v) is 10.4. The molecule has 1 heterocycles. The van der Waals surface area contributed by atoms with Gasteiger partial charge in [-0.05, 0) is 48.9 Å². The second-order valence-corrected chi connectivity index (χ2v) is 13.3. The number of carbonyl (C=O) groups is 1. The van der Waals surface area contributed by atoms with Gasteiger partial charge in [0.2, 0.25) is 0 Å². The van der Waals surface area contributed by atoms with Crippen LogP contribution in [-0.4, -0.2) is 39.5 Å². The van der Waals surface area contributed by atoms with Gasteiger partial charge < -0.3 is 9.16 Å². The first-order valence-electron chi connectivity index (χ1n) is 7.45. The van der Waals surface area contributed by atoms with Crippen LogP contribution in [0.1, 0.15) is 40.0 Å². The molecule has 0 aromatic carbocycles. The van der Waals surface area contributed by atoms with Crippen LogP contribution in [0.2, 0.25) is 18.1 Å². The van der Waals surface area contributed by atoms with Gasteiger partial charge in [0.15, 0.2) is 8.32 Å². The van der Waals surface area contributed by atoms with Gasteiger partial charge in [0.1, 0.15) is 0 Å². The van der Waals surface area contributed by atoms with E-state index in [-0.39, 0.29) is 16.4 Å². The summed E-state index contributed by atoms with van der Waals surface area (Å²) < 4.78 is 11.3. The molecule has 0 N–H and O–H groups in total. The quantitative estimate of drug-likeness (QED) is 0.565. The van der Waals surface area contributed by atoms with Crippen molar-refractivity contribution in [2.24, 2.45) is 5.41 Å². The van der Waals surface area contributed by atoms with Gasteiger partial charge in [-0.3, -0.25) is 4.79 Å². The zero-order valence-electron chi connectivity index (χ0n) is 13.9. The number of esters is 1. The minimum Gasteiger partial charge on any atom is -0.469 e. The van der Waals surface area contributed by atoms with E-state index in [0.717, 1.165) is 30.8 Å². The Morgan fingerprint density at radius 3 is 2.25 bits per heavy atom. The molecule has 0 saturated carbocycles. The van der Waals surface area contributed by atoms with E-state index in [2.05, 4.69) is 33.9 Å². The van der Waals surface area contributed by atoms with Gasteiger partial charge in [0.25, 0.3) is 0 Å². The third kappa shape index (κ3) is 4.24. The molecule has 0 unspecified atom stereocenters. The molecular formula is C15H30O3SSi. The number of ether oxygens (including phenoxy) is 1. The summed E-state index contributed by atoms with van der Waals surface area (Å²) in [5.41, 5.74) is -0.303. The first-order chi connectivity index (χ1) is 9.15. The van der Waals surface area contributed by atoms with Gasteiger partial charge in [-0.2, -0.15) is 11.8 Å². The number of hydrogen-bond donors (Lipinski definition) is 0. The fourth-order valence-electron chi connectivity index (χ4n) is 2.25. The summed E-state index contributed by atoms with van der Waals surface area (Å²) in [6.45, 7) is 11.9. The standard InChI is InChI=1S/C15H30O3SSi/c1-14(2,3)20(5,6)18-10-7-15(13(16)17-4)8-11-19-12-9-15/h7-12H2,1-6H3. The van der Waals surface area contributed by atoms with Gasteiger partial charge >= 0.3 is 5.97 Å². The molecule has 0 amide bonds. The molecule has 0 atom stereocenters. The topological polar surface area (TPSA) is 35.5 Å². The number of thioether (sulfide) groups is 1. The van der Waals surface area contributed by atoms with E-state index in [1.165, 1.54) is 7.11 Å². The average molecular weight is 319 g/mol. The highest BCUT2D eigenvalue weighted by atomic mass is 32.2. The molecule has 0 aliphatic carbocycles.